The SMILES string of the molecule is Cc1cccc(-c2cc(C(F)(F)F)nn2-c2ccncc2)c1. The molecule has 0 radical (unpaired) electrons. The van der Waals surface area contributed by atoms with E-state index in [9.17, 15) is 13.2 Å². The molecule has 0 saturated heterocycles. The van der Waals surface area contributed by atoms with Crippen LogP contribution in [0.1, 0.15) is 11.3 Å². The van der Waals surface area contributed by atoms with Gasteiger partial charge in [0, 0.05) is 18.0 Å². The topological polar surface area (TPSA) is 30.7 Å². The van der Waals surface area contributed by atoms with E-state index in [1.54, 1.807) is 18.2 Å². The van der Waals surface area contributed by atoms with E-state index in [0.717, 1.165) is 11.6 Å². The number of pyridine rings is 1. The molecule has 112 valence electrons. The Labute approximate surface area is 125 Å². The molecule has 0 aliphatic heterocycles. The molecule has 3 rings (SSSR count). The zero-order valence-electron chi connectivity index (χ0n) is 11.7. The zero-order chi connectivity index (χ0) is 15.7. The number of rotatable bonds is 2. The summed E-state index contributed by atoms with van der Waals surface area (Å²) in [6, 6.07) is 11.6. The van der Waals surface area contributed by atoms with Crippen LogP contribution >= 0.6 is 0 Å². The Hall–Kier alpha value is -2.63. The zero-order valence-corrected chi connectivity index (χ0v) is 11.7. The lowest BCUT2D eigenvalue weighted by Crippen LogP contribution is -2.07. The van der Waals surface area contributed by atoms with Crippen LogP contribution in [0.3, 0.4) is 0 Å². The van der Waals surface area contributed by atoms with Crippen LogP contribution in [0.25, 0.3) is 16.9 Å². The van der Waals surface area contributed by atoms with Crippen molar-refractivity contribution in [3.05, 3.63) is 66.1 Å². The number of alkyl halides is 3. The van der Waals surface area contributed by atoms with Crippen LogP contribution in [0, 0.1) is 6.92 Å². The van der Waals surface area contributed by atoms with E-state index in [1.165, 1.54) is 17.1 Å². The maximum Gasteiger partial charge on any atom is 0.435 e. The molecule has 0 atom stereocenters. The van der Waals surface area contributed by atoms with Gasteiger partial charge in [-0.2, -0.15) is 18.3 Å². The van der Waals surface area contributed by atoms with E-state index < -0.39 is 11.9 Å². The molecule has 0 aliphatic carbocycles. The lowest BCUT2D eigenvalue weighted by Gasteiger charge is -2.07. The first-order chi connectivity index (χ1) is 10.4. The van der Waals surface area contributed by atoms with Crippen molar-refractivity contribution in [1.82, 2.24) is 14.8 Å². The molecule has 0 saturated carbocycles. The molecule has 0 N–H and O–H groups in total. The summed E-state index contributed by atoms with van der Waals surface area (Å²) in [5.74, 6) is 0. The molecule has 2 aromatic heterocycles. The molecule has 0 fully saturated rings. The van der Waals surface area contributed by atoms with Crippen molar-refractivity contribution in [2.75, 3.05) is 0 Å². The molecule has 0 unspecified atom stereocenters. The molecule has 1 aromatic carbocycles. The summed E-state index contributed by atoms with van der Waals surface area (Å²) >= 11 is 0. The maximum atomic E-state index is 13.0. The molecular weight excluding hydrogens is 291 g/mol. The van der Waals surface area contributed by atoms with Gasteiger partial charge in [-0.25, -0.2) is 4.68 Å². The van der Waals surface area contributed by atoms with Crippen molar-refractivity contribution < 1.29 is 13.2 Å². The number of benzene rings is 1. The van der Waals surface area contributed by atoms with Crippen molar-refractivity contribution in [2.45, 2.75) is 13.1 Å². The standard InChI is InChI=1S/C16H12F3N3/c1-11-3-2-4-12(9-11)14-10-15(16(17,18)19)21-22(14)13-5-7-20-8-6-13/h2-10H,1H3. The van der Waals surface area contributed by atoms with Crippen molar-refractivity contribution in [3.8, 4) is 16.9 Å². The van der Waals surface area contributed by atoms with Gasteiger partial charge in [0.1, 0.15) is 0 Å². The molecule has 22 heavy (non-hydrogen) atoms. The average molecular weight is 303 g/mol. The Morgan fingerprint density at radius 3 is 2.36 bits per heavy atom. The van der Waals surface area contributed by atoms with Gasteiger partial charge in [-0.3, -0.25) is 4.98 Å². The summed E-state index contributed by atoms with van der Waals surface area (Å²) in [5, 5.41) is 3.72. The highest BCUT2D eigenvalue weighted by Crippen LogP contribution is 2.33. The summed E-state index contributed by atoms with van der Waals surface area (Å²) in [7, 11) is 0. The first kappa shape index (κ1) is 14.3. The van der Waals surface area contributed by atoms with E-state index in [2.05, 4.69) is 10.1 Å². The van der Waals surface area contributed by atoms with Crippen LogP contribution in [-0.4, -0.2) is 14.8 Å². The second kappa shape index (κ2) is 5.29. The van der Waals surface area contributed by atoms with E-state index in [4.69, 9.17) is 0 Å². The molecule has 0 aliphatic rings. The number of aryl methyl sites for hydroxylation is 1. The molecule has 0 amide bonds. The Kier molecular flexibility index (Phi) is 3.44. The predicted octanol–water partition coefficient (Wildman–Crippen LogP) is 4.26. The van der Waals surface area contributed by atoms with Crippen LogP contribution in [-0.2, 0) is 6.18 Å². The summed E-state index contributed by atoms with van der Waals surface area (Å²) in [5.41, 5.74) is 1.65. The lowest BCUT2D eigenvalue weighted by atomic mass is 10.1. The third-order valence-electron chi connectivity index (χ3n) is 3.22. The van der Waals surface area contributed by atoms with Gasteiger partial charge in [-0.15, -0.1) is 0 Å². The normalized spacial score (nSPS) is 11.6. The van der Waals surface area contributed by atoms with E-state index in [0.29, 0.717) is 16.9 Å². The monoisotopic (exact) mass is 303 g/mol. The highest BCUT2D eigenvalue weighted by Gasteiger charge is 2.35. The molecule has 6 heteroatoms. The summed E-state index contributed by atoms with van der Waals surface area (Å²) in [6.45, 7) is 1.89. The Morgan fingerprint density at radius 2 is 1.73 bits per heavy atom. The highest BCUT2D eigenvalue weighted by molar-refractivity contribution is 5.63. The molecule has 0 spiro atoms. The van der Waals surface area contributed by atoms with Gasteiger partial charge in [-0.05, 0) is 31.2 Å². The highest BCUT2D eigenvalue weighted by atomic mass is 19.4. The van der Waals surface area contributed by atoms with E-state index >= 15 is 0 Å². The average Bonchev–Trinajstić information content (AvgIpc) is 2.93. The van der Waals surface area contributed by atoms with Crippen LogP contribution < -0.4 is 0 Å². The van der Waals surface area contributed by atoms with Crippen molar-refractivity contribution in [2.24, 2.45) is 0 Å². The number of hydrogen-bond donors (Lipinski definition) is 0. The molecular formula is C16H12F3N3. The number of halogens is 3. The third-order valence-corrected chi connectivity index (χ3v) is 3.22. The molecule has 3 aromatic rings. The lowest BCUT2D eigenvalue weighted by molar-refractivity contribution is -0.141. The van der Waals surface area contributed by atoms with E-state index in [-0.39, 0.29) is 0 Å². The van der Waals surface area contributed by atoms with E-state index in [1.807, 2.05) is 25.1 Å². The number of hydrogen-bond acceptors (Lipinski definition) is 2. The Morgan fingerprint density at radius 1 is 1.00 bits per heavy atom. The maximum absolute atomic E-state index is 13.0. The number of aromatic nitrogens is 3. The van der Waals surface area contributed by atoms with Crippen molar-refractivity contribution in [3.63, 3.8) is 0 Å². The minimum absolute atomic E-state index is 0.391. The summed E-state index contributed by atoms with van der Waals surface area (Å²) in [6.07, 6.45) is -1.45. The van der Waals surface area contributed by atoms with Gasteiger partial charge in [0.2, 0.25) is 0 Å². The quantitative estimate of drug-likeness (QED) is 0.708. The summed E-state index contributed by atoms with van der Waals surface area (Å²) < 4.78 is 40.3. The minimum Gasteiger partial charge on any atom is -0.265 e. The van der Waals surface area contributed by atoms with Crippen LogP contribution in [0.5, 0.6) is 0 Å². The van der Waals surface area contributed by atoms with Gasteiger partial charge in [-0.1, -0.05) is 23.8 Å². The minimum atomic E-state index is -4.49. The third kappa shape index (κ3) is 2.72. The van der Waals surface area contributed by atoms with Crippen LogP contribution in [0.4, 0.5) is 13.2 Å². The number of nitrogens with zero attached hydrogens (tertiary/aromatic N) is 3. The van der Waals surface area contributed by atoms with Gasteiger partial charge < -0.3 is 0 Å². The molecule has 2 heterocycles. The molecule has 0 bridgehead atoms. The fourth-order valence-corrected chi connectivity index (χ4v) is 2.21. The fraction of sp³-hybridized carbons (Fsp3) is 0.125. The smallest absolute Gasteiger partial charge is 0.265 e. The van der Waals surface area contributed by atoms with Gasteiger partial charge in [0.05, 0.1) is 11.4 Å². The summed E-state index contributed by atoms with van der Waals surface area (Å²) in [4.78, 5) is 3.88. The van der Waals surface area contributed by atoms with Gasteiger partial charge in [0.25, 0.3) is 0 Å². The van der Waals surface area contributed by atoms with Gasteiger partial charge in [0.15, 0.2) is 5.69 Å². The Balaban J connectivity index is 2.22. The van der Waals surface area contributed by atoms with Crippen molar-refractivity contribution in [1.29, 1.82) is 0 Å². The van der Waals surface area contributed by atoms with Gasteiger partial charge >= 0.3 is 6.18 Å². The largest absolute Gasteiger partial charge is 0.435 e. The molecule has 3 nitrogen and oxygen atoms in total. The predicted molar refractivity (Wildman–Crippen MR) is 76.5 cm³/mol. The Bertz CT molecular complexity index is 792. The van der Waals surface area contributed by atoms with Crippen molar-refractivity contribution >= 4 is 0 Å². The first-order valence-electron chi connectivity index (χ1n) is 6.60. The second-order valence-corrected chi connectivity index (χ2v) is 4.90. The first-order valence-corrected chi connectivity index (χ1v) is 6.60. The van der Waals surface area contributed by atoms with Crippen LogP contribution in [0.15, 0.2) is 54.9 Å². The van der Waals surface area contributed by atoms with Crippen LogP contribution in [0.2, 0.25) is 0 Å². The second-order valence-electron chi connectivity index (χ2n) is 4.90. The fourth-order valence-electron chi connectivity index (χ4n) is 2.21.